The first-order valence-electron chi connectivity index (χ1n) is 5.28. The van der Waals surface area contributed by atoms with E-state index in [4.69, 9.17) is 0 Å². The number of aryl methyl sites for hydroxylation is 1. The highest BCUT2D eigenvalue weighted by molar-refractivity contribution is 7.11. The lowest BCUT2D eigenvalue weighted by Gasteiger charge is -2.35. The molecule has 0 atom stereocenters. The molecule has 1 aromatic heterocycles. The summed E-state index contributed by atoms with van der Waals surface area (Å²) in [6.07, 6.45) is 1.17. The number of hydrogen-bond acceptors (Lipinski definition) is 3. The standard InChI is InChI=1S/C11H18N2S/c1-3-10-4-5-11(14-10)8-13(2)9-6-12-7-9/h4-5,9,12H,3,6-8H2,1-2H3. The smallest absolute Gasteiger partial charge is 0.0346 e. The van der Waals surface area contributed by atoms with Crippen LogP contribution in [0.2, 0.25) is 0 Å². The van der Waals surface area contributed by atoms with Crippen molar-refractivity contribution in [3.63, 3.8) is 0 Å². The molecule has 1 aliphatic heterocycles. The van der Waals surface area contributed by atoms with Crippen molar-refractivity contribution >= 4 is 11.3 Å². The van der Waals surface area contributed by atoms with Gasteiger partial charge in [0.15, 0.2) is 0 Å². The highest BCUT2D eigenvalue weighted by atomic mass is 32.1. The average molecular weight is 210 g/mol. The van der Waals surface area contributed by atoms with Gasteiger partial charge in [-0.05, 0) is 25.6 Å². The van der Waals surface area contributed by atoms with Crippen molar-refractivity contribution in [3.05, 3.63) is 21.9 Å². The third kappa shape index (κ3) is 2.16. The molecule has 1 N–H and O–H groups in total. The summed E-state index contributed by atoms with van der Waals surface area (Å²) in [5.41, 5.74) is 0. The zero-order valence-corrected chi connectivity index (χ0v) is 9.73. The summed E-state index contributed by atoms with van der Waals surface area (Å²) >= 11 is 1.95. The van der Waals surface area contributed by atoms with Crippen LogP contribution in [0.4, 0.5) is 0 Å². The van der Waals surface area contributed by atoms with Gasteiger partial charge in [-0.2, -0.15) is 0 Å². The molecule has 1 saturated heterocycles. The molecule has 14 heavy (non-hydrogen) atoms. The van der Waals surface area contributed by atoms with Crippen LogP contribution < -0.4 is 5.32 Å². The number of nitrogens with zero attached hydrogens (tertiary/aromatic N) is 1. The van der Waals surface area contributed by atoms with Gasteiger partial charge >= 0.3 is 0 Å². The zero-order chi connectivity index (χ0) is 9.97. The quantitative estimate of drug-likeness (QED) is 0.814. The third-order valence-electron chi connectivity index (χ3n) is 2.85. The Bertz CT molecular complexity index is 291. The third-order valence-corrected chi connectivity index (χ3v) is 4.07. The summed E-state index contributed by atoms with van der Waals surface area (Å²) in [6.45, 7) is 5.64. The molecule has 0 amide bonds. The summed E-state index contributed by atoms with van der Waals surface area (Å²) in [7, 11) is 2.22. The molecule has 0 unspecified atom stereocenters. The lowest BCUT2D eigenvalue weighted by atomic mass is 10.1. The Kier molecular flexibility index (Phi) is 3.21. The predicted octanol–water partition coefficient (Wildman–Crippen LogP) is 1.71. The van der Waals surface area contributed by atoms with Crippen LogP contribution in [0, 0.1) is 0 Å². The van der Waals surface area contributed by atoms with Crippen LogP contribution in [0.1, 0.15) is 16.7 Å². The molecule has 1 aromatic rings. The van der Waals surface area contributed by atoms with Gasteiger partial charge in [0.1, 0.15) is 0 Å². The normalized spacial score (nSPS) is 17.4. The largest absolute Gasteiger partial charge is 0.314 e. The van der Waals surface area contributed by atoms with Crippen LogP contribution in [-0.2, 0) is 13.0 Å². The lowest BCUT2D eigenvalue weighted by molar-refractivity contribution is 0.174. The lowest BCUT2D eigenvalue weighted by Crippen LogP contribution is -2.55. The molecule has 0 bridgehead atoms. The van der Waals surface area contributed by atoms with Crippen LogP contribution in [0.3, 0.4) is 0 Å². The van der Waals surface area contributed by atoms with Crippen LogP contribution in [0.5, 0.6) is 0 Å². The molecular weight excluding hydrogens is 192 g/mol. The second-order valence-electron chi connectivity index (χ2n) is 3.95. The van der Waals surface area contributed by atoms with Gasteiger partial charge in [0.2, 0.25) is 0 Å². The van der Waals surface area contributed by atoms with Crippen molar-refractivity contribution in [3.8, 4) is 0 Å². The van der Waals surface area contributed by atoms with E-state index in [1.54, 1.807) is 0 Å². The zero-order valence-electron chi connectivity index (χ0n) is 8.92. The highest BCUT2D eigenvalue weighted by Crippen LogP contribution is 2.19. The molecule has 0 radical (unpaired) electrons. The van der Waals surface area contributed by atoms with Crippen LogP contribution in [-0.4, -0.2) is 31.1 Å². The Labute approximate surface area is 89.9 Å². The van der Waals surface area contributed by atoms with E-state index in [0.717, 1.165) is 25.7 Å². The van der Waals surface area contributed by atoms with Crippen molar-refractivity contribution in [2.45, 2.75) is 25.9 Å². The summed E-state index contributed by atoms with van der Waals surface area (Å²) < 4.78 is 0. The highest BCUT2D eigenvalue weighted by Gasteiger charge is 2.21. The molecule has 1 fully saturated rings. The molecule has 78 valence electrons. The average Bonchev–Trinajstić information content (AvgIpc) is 2.48. The number of rotatable bonds is 4. The van der Waals surface area contributed by atoms with Crippen molar-refractivity contribution in [1.82, 2.24) is 10.2 Å². The van der Waals surface area contributed by atoms with Crippen molar-refractivity contribution in [2.75, 3.05) is 20.1 Å². The van der Waals surface area contributed by atoms with Gasteiger partial charge in [-0.3, -0.25) is 4.90 Å². The van der Waals surface area contributed by atoms with Crippen molar-refractivity contribution < 1.29 is 0 Å². The second-order valence-corrected chi connectivity index (χ2v) is 5.20. The molecule has 0 aromatic carbocycles. The van der Waals surface area contributed by atoms with E-state index in [-0.39, 0.29) is 0 Å². The van der Waals surface area contributed by atoms with E-state index < -0.39 is 0 Å². The van der Waals surface area contributed by atoms with Gasteiger partial charge in [-0.15, -0.1) is 11.3 Å². The first kappa shape index (κ1) is 10.1. The number of hydrogen-bond donors (Lipinski definition) is 1. The SMILES string of the molecule is CCc1ccc(CN(C)C2CNC2)s1. The fraction of sp³-hybridized carbons (Fsp3) is 0.636. The molecule has 2 heterocycles. The fourth-order valence-electron chi connectivity index (χ4n) is 1.66. The maximum Gasteiger partial charge on any atom is 0.0346 e. The Morgan fingerprint density at radius 3 is 2.64 bits per heavy atom. The summed E-state index contributed by atoms with van der Waals surface area (Å²) in [6, 6.07) is 5.28. The van der Waals surface area contributed by atoms with E-state index in [1.165, 1.54) is 16.2 Å². The molecule has 0 spiro atoms. The van der Waals surface area contributed by atoms with Gasteiger partial charge < -0.3 is 5.32 Å². The van der Waals surface area contributed by atoms with Gasteiger partial charge in [0, 0.05) is 35.4 Å². The van der Waals surface area contributed by atoms with Gasteiger partial charge in [-0.25, -0.2) is 0 Å². The predicted molar refractivity (Wildman–Crippen MR) is 61.8 cm³/mol. The minimum Gasteiger partial charge on any atom is -0.314 e. The van der Waals surface area contributed by atoms with E-state index in [2.05, 4.69) is 36.3 Å². The number of likely N-dealkylation sites (N-methyl/N-ethyl adjacent to an activating group) is 1. The van der Waals surface area contributed by atoms with Gasteiger partial charge in [0.25, 0.3) is 0 Å². The molecule has 0 aliphatic carbocycles. The molecule has 2 rings (SSSR count). The maximum atomic E-state index is 3.31. The molecule has 3 heteroatoms. The first-order chi connectivity index (χ1) is 6.79. The Morgan fingerprint density at radius 1 is 1.43 bits per heavy atom. The fourth-order valence-corrected chi connectivity index (χ4v) is 2.68. The molecular formula is C11H18N2S. The Hall–Kier alpha value is -0.380. The summed E-state index contributed by atoms with van der Waals surface area (Å²) in [5.74, 6) is 0. The molecule has 1 aliphatic rings. The van der Waals surface area contributed by atoms with E-state index in [0.29, 0.717) is 0 Å². The number of nitrogens with one attached hydrogen (secondary N) is 1. The van der Waals surface area contributed by atoms with E-state index in [9.17, 15) is 0 Å². The van der Waals surface area contributed by atoms with Crippen LogP contribution in [0.25, 0.3) is 0 Å². The number of thiophene rings is 1. The Balaban J connectivity index is 1.89. The summed E-state index contributed by atoms with van der Waals surface area (Å²) in [5, 5.41) is 3.31. The van der Waals surface area contributed by atoms with Crippen molar-refractivity contribution in [1.29, 1.82) is 0 Å². The summed E-state index contributed by atoms with van der Waals surface area (Å²) in [4.78, 5) is 5.44. The van der Waals surface area contributed by atoms with Crippen LogP contribution in [0.15, 0.2) is 12.1 Å². The molecule has 0 saturated carbocycles. The van der Waals surface area contributed by atoms with E-state index >= 15 is 0 Å². The minimum atomic E-state index is 0.752. The van der Waals surface area contributed by atoms with Gasteiger partial charge in [0.05, 0.1) is 0 Å². The molecule has 2 nitrogen and oxygen atoms in total. The minimum absolute atomic E-state index is 0.752. The monoisotopic (exact) mass is 210 g/mol. The topological polar surface area (TPSA) is 15.3 Å². The van der Waals surface area contributed by atoms with Crippen LogP contribution >= 0.6 is 11.3 Å². The Morgan fingerprint density at radius 2 is 2.14 bits per heavy atom. The maximum absolute atomic E-state index is 3.31. The van der Waals surface area contributed by atoms with E-state index in [1.807, 2.05) is 11.3 Å². The van der Waals surface area contributed by atoms with Gasteiger partial charge in [-0.1, -0.05) is 6.92 Å². The first-order valence-corrected chi connectivity index (χ1v) is 6.09. The van der Waals surface area contributed by atoms with Crippen molar-refractivity contribution in [2.24, 2.45) is 0 Å². The second kappa shape index (κ2) is 4.43.